The van der Waals surface area contributed by atoms with Crippen LogP contribution in [-0.2, 0) is 11.3 Å². The van der Waals surface area contributed by atoms with E-state index in [0.29, 0.717) is 22.9 Å². The highest BCUT2D eigenvalue weighted by atomic mass is 35.5. The summed E-state index contributed by atoms with van der Waals surface area (Å²) in [7, 11) is 0. The van der Waals surface area contributed by atoms with E-state index < -0.39 is 5.60 Å². The molecule has 1 saturated heterocycles. The monoisotopic (exact) mass is 382 g/mol. The van der Waals surface area contributed by atoms with Gasteiger partial charge in [0.1, 0.15) is 5.60 Å². The van der Waals surface area contributed by atoms with Crippen LogP contribution in [0.1, 0.15) is 36.8 Å². The van der Waals surface area contributed by atoms with Crippen molar-refractivity contribution in [1.82, 2.24) is 10.6 Å². The van der Waals surface area contributed by atoms with E-state index in [1.165, 1.54) is 0 Å². The first kappa shape index (κ1) is 18.7. The van der Waals surface area contributed by atoms with Gasteiger partial charge in [-0.3, -0.25) is 4.79 Å². The lowest BCUT2D eigenvalue weighted by molar-refractivity contribution is -0.151. The number of fused-ring (bicyclic) bond motifs is 1. The van der Waals surface area contributed by atoms with Crippen LogP contribution in [0.5, 0.6) is 0 Å². The lowest BCUT2D eigenvalue weighted by Crippen LogP contribution is -2.62. The highest BCUT2D eigenvalue weighted by molar-refractivity contribution is 6.35. The number of piperidine rings is 1. The van der Waals surface area contributed by atoms with Crippen LogP contribution in [0.4, 0.5) is 0 Å². The second-order valence-electron chi connectivity index (χ2n) is 7.13. The number of nitrogens with one attached hydrogen (secondary N) is 2. The van der Waals surface area contributed by atoms with Gasteiger partial charge < -0.3 is 15.7 Å². The molecular weight excluding hydrogens is 359 g/mol. The Morgan fingerprint density at radius 3 is 2.96 bits per heavy atom. The minimum atomic E-state index is -1.37. The second-order valence-corrected chi connectivity index (χ2v) is 7.97. The number of halogens is 2. The van der Waals surface area contributed by atoms with E-state index in [1.54, 1.807) is 6.07 Å². The Labute approximate surface area is 158 Å². The molecule has 1 aliphatic carbocycles. The van der Waals surface area contributed by atoms with Gasteiger partial charge in [0.2, 0.25) is 0 Å². The molecule has 0 bridgehead atoms. The van der Waals surface area contributed by atoms with Gasteiger partial charge in [-0.2, -0.15) is 0 Å². The summed E-state index contributed by atoms with van der Waals surface area (Å²) in [6, 6.07) is 3.49. The molecule has 0 spiro atoms. The Morgan fingerprint density at radius 2 is 2.24 bits per heavy atom. The van der Waals surface area contributed by atoms with Gasteiger partial charge in [0.25, 0.3) is 5.91 Å². The normalized spacial score (nSPS) is 29.2. The zero-order valence-corrected chi connectivity index (χ0v) is 15.9. The molecule has 3 N–H and O–H groups in total. The van der Waals surface area contributed by atoms with Crippen molar-refractivity contribution >= 4 is 29.1 Å². The van der Waals surface area contributed by atoms with E-state index in [-0.39, 0.29) is 24.4 Å². The summed E-state index contributed by atoms with van der Waals surface area (Å²) in [6.07, 6.45) is 2.83. The minimum Gasteiger partial charge on any atom is -0.380 e. The van der Waals surface area contributed by atoms with Crippen molar-refractivity contribution in [3.8, 4) is 0 Å². The number of aliphatic hydroxyl groups is 1. The van der Waals surface area contributed by atoms with Crippen molar-refractivity contribution in [2.24, 2.45) is 5.92 Å². The summed E-state index contributed by atoms with van der Waals surface area (Å²) < 4.78 is 0. The van der Waals surface area contributed by atoms with Gasteiger partial charge in [0.05, 0.1) is 0 Å². The van der Waals surface area contributed by atoms with Gasteiger partial charge >= 0.3 is 0 Å². The fourth-order valence-corrected chi connectivity index (χ4v) is 4.75. The van der Waals surface area contributed by atoms with Crippen molar-refractivity contribution in [2.45, 2.75) is 50.8 Å². The van der Waals surface area contributed by atoms with Gasteiger partial charge in [0, 0.05) is 28.5 Å². The molecule has 2 fully saturated rings. The van der Waals surface area contributed by atoms with Crippen molar-refractivity contribution < 1.29 is 9.90 Å². The Bertz CT molecular complexity index is 684. The Balaban J connectivity index is 1.75. The molecule has 1 aliphatic heterocycles. The van der Waals surface area contributed by atoms with Crippen LogP contribution in [0.15, 0.2) is 24.3 Å². The molecule has 6 heteroatoms. The number of amides is 1. The summed E-state index contributed by atoms with van der Waals surface area (Å²) in [6.45, 7) is 7.19. The van der Waals surface area contributed by atoms with Crippen molar-refractivity contribution in [2.75, 3.05) is 6.54 Å². The molecule has 1 aromatic carbocycles. The second kappa shape index (κ2) is 7.28. The molecule has 2 aliphatic rings. The summed E-state index contributed by atoms with van der Waals surface area (Å²) in [4.78, 5) is 12.9. The average molecular weight is 383 g/mol. The summed E-state index contributed by atoms with van der Waals surface area (Å²) in [5.74, 6) is -0.464. The Hall–Kier alpha value is -1.07. The lowest BCUT2D eigenvalue weighted by atomic mass is 9.67. The van der Waals surface area contributed by atoms with Crippen LogP contribution >= 0.6 is 23.2 Å². The highest BCUT2D eigenvalue weighted by Crippen LogP contribution is 2.41. The first-order valence-electron chi connectivity index (χ1n) is 8.69. The molecule has 0 aromatic heterocycles. The molecule has 3 rings (SSSR count). The molecule has 4 nitrogen and oxygen atoms in total. The third kappa shape index (κ3) is 3.59. The SMILES string of the molecule is C=C1CCC(O)(C(=O)NCc2c(C)cc(Cl)cc2Cl)C2CCCNC12. The van der Waals surface area contributed by atoms with E-state index in [1.807, 2.05) is 13.0 Å². The number of hydrogen-bond donors (Lipinski definition) is 3. The fourth-order valence-electron chi connectivity index (χ4n) is 4.08. The van der Waals surface area contributed by atoms with Crippen molar-refractivity contribution in [3.63, 3.8) is 0 Å². The third-order valence-electron chi connectivity index (χ3n) is 5.54. The van der Waals surface area contributed by atoms with E-state index in [2.05, 4.69) is 17.2 Å². The standard InChI is InChI=1S/C19H24Cl2N2O2/c1-11-5-6-19(25,15-4-3-7-22-17(11)15)18(24)23-10-14-12(2)8-13(20)9-16(14)21/h8-9,15,17,22,25H,1,3-7,10H2,2H3,(H,23,24). The fraction of sp³-hybridized carbons (Fsp3) is 0.526. The smallest absolute Gasteiger partial charge is 0.252 e. The van der Waals surface area contributed by atoms with Gasteiger partial charge in [-0.25, -0.2) is 0 Å². The van der Waals surface area contributed by atoms with Gasteiger partial charge in [-0.15, -0.1) is 0 Å². The lowest BCUT2D eigenvalue weighted by Gasteiger charge is -2.47. The molecule has 3 unspecified atom stereocenters. The van der Waals surface area contributed by atoms with Crippen molar-refractivity contribution in [3.05, 3.63) is 45.5 Å². The zero-order chi connectivity index (χ0) is 18.2. The molecule has 1 amide bonds. The van der Waals surface area contributed by atoms with Crippen LogP contribution < -0.4 is 10.6 Å². The highest BCUT2D eigenvalue weighted by Gasteiger charge is 2.51. The first-order chi connectivity index (χ1) is 11.8. The molecule has 0 radical (unpaired) electrons. The summed E-state index contributed by atoms with van der Waals surface area (Å²) >= 11 is 12.2. The van der Waals surface area contributed by atoms with Crippen molar-refractivity contribution in [1.29, 1.82) is 0 Å². The van der Waals surface area contributed by atoms with E-state index >= 15 is 0 Å². The van der Waals surface area contributed by atoms with Crippen LogP contribution in [0.2, 0.25) is 10.0 Å². The molecule has 136 valence electrons. The number of carbonyl (C=O) groups excluding carboxylic acids is 1. The van der Waals surface area contributed by atoms with Crippen LogP contribution in [0.3, 0.4) is 0 Å². The van der Waals surface area contributed by atoms with E-state index in [0.717, 1.165) is 36.1 Å². The molecule has 1 heterocycles. The number of rotatable bonds is 3. The summed E-state index contributed by atoms with van der Waals surface area (Å²) in [5, 5.41) is 18.5. The maximum absolute atomic E-state index is 12.9. The topological polar surface area (TPSA) is 61.4 Å². The van der Waals surface area contributed by atoms with Gasteiger partial charge in [-0.05, 0) is 62.4 Å². The van der Waals surface area contributed by atoms with Gasteiger partial charge in [-0.1, -0.05) is 35.4 Å². The molecule has 1 aromatic rings. The number of aryl methyl sites for hydroxylation is 1. The predicted octanol–water partition coefficient (Wildman–Crippen LogP) is 3.37. The Kier molecular flexibility index (Phi) is 5.45. The number of hydrogen-bond acceptors (Lipinski definition) is 3. The van der Waals surface area contributed by atoms with Crippen LogP contribution in [0, 0.1) is 12.8 Å². The Morgan fingerprint density at radius 1 is 1.48 bits per heavy atom. The number of benzene rings is 1. The molecule has 25 heavy (non-hydrogen) atoms. The van der Waals surface area contributed by atoms with E-state index in [9.17, 15) is 9.90 Å². The first-order valence-corrected chi connectivity index (χ1v) is 9.45. The maximum Gasteiger partial charge on any atom is 0.252 e. The predicted molar refractivity (Wildman–Crippen MR) is 101 cm³/mol. The third-order valence-corrected chi connectivity index (χ3v) is 6.10. The summed E-state index contributed by atoms with van der Waals surface area (Å²) in [5.41, 5.74) is 1.45. The minimum absolute atomic E-state index is 0.0131. The van der Waals surface area contributed by atoms with E-state index in [4.69, 9.17) is 23.2 Å². The largest absolute Gasteiger partial charge is 0.380 e. The van der Waals surface area contributed by atoms with Gasteiger partial charge in [0.15, 0.2) is 0 Å². The zero-order valence-electron chi connectivity index (χ0n) is 14.4. The average Bonchev–Trinajstić information content (AvgIpc) is 2.57. The molecule has 3 atom stereocenters. The molecule has 1 saturated carbocycles. The van der Waals surface area contributed by atoms with Crippen LogP contribution in [0.25, 0.3) is 0 Å². The quantitative estimate of drug-likeness (QED) is 0.702. The maximum atomic E-state index is 12.9. The van der Waals surface area contributed by atoms with Crippen LogP contribution in [-0.4, -0.2) is 29.2 Å². The molecular formula is C19H24Cl2N2O2. The number of carbonyl (C=O) groups is 1.